The zero-order valence-electron chi connectivity index (χ0n) is 8.22. The molecular formula is C10H11BrClNO2. The number of hydrogen-bond donors (Lipinski definition) is 1. The molecule has 1 rings (SSSR count). The first-order valence-corrected chi connectivity index (χ1v) is 5.56. The summed E-state index contributed by atoms with van der Waals surface area (Å²) in [6.07, 6.45) is 0.329. The second-order valence-electron chi connectivity index (χ2n) is 2.88. The highest BCUT2D eigenvalue weighted by Gasteiger charge is 2.02. The molecular weight excluding hydrogens is 281 g/mol. The van der Waals surface area contributed by atoms with E-state index in [1.807, 2.05) is 6.07 Å². The van der Waals surface area contributed by atoms with Crippen LogP contribution < -0.4 is 5.32 Å². The molecule has 5 heteroatoms. The van der Waals surface area contributed by atoms with E-state index >= 15 is 0 Å². The lowest BCUT2D eigenvalue weighted by molar-refractivity contribution is -0.140. The van der Waals surface area contributed by atoms with Crippen LogP contribution in [0.3, 0.4) is 0 Å². The maximum absolute atomic E-state index is 10.9. The molecule has 0 heterocycles. The maximum atomic E-state index is 10.9. The smallest absolute Gasteiger partial charge is 0.307 e. The number of halogens is 2. The zero-order chi connectivity index (χ0) is 11.3. The van der Waals surface area contributed by atoms with Crippen molar-refractivity contribution in [2.75, 3.05) is 19.0 Å². The highest BCUT2D eigenvalue weighted by atomic mass is 79.9. The minimum Gasteiger partial charge on any atom is -0.469 e. The van der Waals surface area contributed by atoms with Gasteiger partial charge in [-0.3, -0.25) is 4.79 Å². The highest BCUT2D eigenvalue weighted by molar-refractivity contribution is 9.10. The fraction of sp³-hybridized carbons (Fsp3) is 0.300. The SMILES string of the molecule is COC(=O)CCNc1cc(Cl)ccc1Br. The van der Waals surface area contributed by atoms with Gasteiger partial charge in [0.1, 0.15) is 0 Å². The van der Waals surface area contributed by atoms with Crippen molar-refractivity contribution in [1.29, 1.82) is 0 Å². The molecule has 0 aliphatic carbocycles. The molecule has 1 aromatic carbocycles. The Morgan fingerprint density at radius 3 is 3.00 bits per heavy atom. The van der Waals surface area contributed by atoms with Gasteiger partial charge >= 0.3 is 5.97 Å². The Kier molecular flexibility index (Phi) is 4.91. The Balaban J connectivity index is 2.50. The predicted octanol–water partition coefficient (Wildman–Crippen LogP) is 3.08. The van der Waals surface area contributed by atoms with Gasteiger partial charge in [0.15, 0.2) is 0 Å². The van der Waals surface area contributed by atoms with Crippen molar-refractivity contribution in [2.24, 2.45) is 0 Å². The summed E-state index contributed by atoms with van der Waals surface area (Å²) in [6.45, 7) is 0.519. The summed E-state index contributed by atoms with van der Waals surface area (Å²) in [5.74, 6) is -0.236. The summed E-state index contributed by atoms with van der Waals surface area (Å²) in [4.78, 5) is 10.9. The van der Waals surface area contributed by atoms with Gasteiger partial charge < -0.3 is 10.1 Å². The van der Waals surface area contributed by atoms with E-state index in [0.717, 1.165) is 10.2 Å². The summed E-state index contributed by atoms with van der Waals surface area (Å²) in [5.41, 5.74) is 0.867. The first-order valence-electron chi connectivity index (χ1n) is 4.39. The molecule has 0 amide bonds. The third kappa shape index (κ3) is 4.10. The molecule has 15 heavy (non-hydrogen) atoms. The van der Waals surface area contributed by atoms with E-state index in [1.54, 1.807) is 12.1 Å². The summed E-state index contributed by atoms with van der Waals surface area (Å²) in [6, 6.07) is 5.43. The lowest BCUT2D eigenvalue weighted by Gasteiger charge is -2.07. The Morgan fingerprint density at radius 1 is 1.60 bits per heavy atom. The number of methoxy groups -OCH3 is 1. The van der Waals surface area contributed by atoms with Gasteiger partial charge in [-0.25, -0.2) is 0 Å². The van der Waals surface area contributed by atoms with Crippen molar-refractivity contribution >= 4 is 39.2 Å². The van der Waals surface area contributed by atoms with Gasteiger partial charge in [0.2, 0.25) is 0 Å². The van der Waals surface area contributed by atoms with Crippen LogP contribution in [0.5, 0.6) is 0 Å². The summed E-state index contributed by atoms with van der Waals surface area (Å²) in [5, 5.41) is 3.74. The minimum atomic E-state index is -0.236. The minimum absolute atomic E-state index is 0.236. The molecule has 0 spiro atoms. The van der Waals surface area contributed by atoms with Crippen LogP contribution in [0.15, 0.2) is 22.7 Å². The second kappa shape index (κ2) is 5.98. The van der Waals surface area contributed by atoms with Crippen molar-refractivity contribution in [1.82, 2.24) is 0 Å². The molecule has 0 radical (unpaired) electrons. The lowest BCUT2D eigenvalue weighted by Crippen LogP contribution is -2.09. The molecule has 0 aliphatic heterocycles. The summed E-state index contributed by atoms with van der Waals surface area (Å²) in [7, 11) is 1.37. The molecule has 1 N–H and O–H groups in total. The van der Waals surface area contributed by atoms with Gasteiger partial charge in [-0.2, -0.15) is 0 Å². The van der Waals surface area contributed by atoms with Crippen LogP contribution >= 0.6 is 27.5 Å². The molecule has 1 aromatic rings. The number of rotatable bonds is 4. The van der Waals surface area contributed by atoms with Gasteiger partial charge in [0.05, 0.1) is 13.5 Å². The largest absolute Gasteiger partial charge is 0.469 e. The van der Waals surface area contributed by atoms with E-state index in [9.17, 15) is 4.79 Å². The van der Waals surface area contributed by atoms with Gasteiger partial charge in [0.25, 0.3) is 0 Å². The Hall–Kier alpha value is -0.740. The first-order chi connectivity index (χ1) is 7.13. The Bertz CT molecular complexity index is 357. The van der Waals surface area contributed by atoms with E-state index in [-0.39, 0.29) is 5.97 Å². The van der Waals surface area contributed by atoms with Gasteiger partial charge in [-0.15, -0.1) is 0 Å². The molecule has 0 bridgehead atoms. The average Bonchev–Trinajstić information content (AvgIpc) is 2.23. The zero-order valence-corrected chi connectivity index (χ0v) is 10.6. The van der Waals surface area contributed by atoms with Crippen molar-refractivity contribution in [2.45, 2.75) is 6.42 Å². The highest BCUT2D eigenvalue weighted by Crippen LogP contribution is 2.25. The predicted molar refractivity (Wildman–Crippen MR) is 64.3 cm³/mol. The van der Waals surface area contributed by atoms with Crippen molar-refractivity contribution in [3.05, 3.63) is 27.7 Å². The first kappa shape index (κ1) is 12.3. The second-order valence-corrected chi connectivity index (χ2v) is 4.17. The van der Waals surface area contributed by atoms with Crippen LogP contribution in [-0.4, -0.2) is 19.6 Å². The fourth-order valence-corrected chi connectivity index (χ4v) is 1.59. The van der Waals surface area contributed by atoms with Crippen LogP contribution in [-0.2, 0) is 9.53 Å². The molecule has 0 unspecified atom stereocenters. The quantitative estimate of drug-likeness (QED) is 0.867. The Morgan fingerprint density at radius 2 is 2.33 bits per heavy atom. The summed E-state index contributed by atoms with van der Waals surface area (Å²) < 4.78 is 5.44. The third-order valence-corrected chi connectivity index (χ3v) is 2.73. The number of nitrogens with one attached hydrogen (secondary N) is 1. The summed E-state index contributed by atoms with van der Waals surface area (Å²) >= 11 is 9.21. The molecule has 82 valence electrons. The number of carbonyl (C=O) groups is 1. The van der Waals surface area contributed by atoms with Crippen molar-refractivity contribution in [3.63, 3.8) is 0 Å². The normalized spacial score (nSPS) is 9.80. The molecule has 0 aromatic heterocycles. The monoisotopic (exact) mass is 291 g/mol. The van der Waals surface area contributed by atoms with Crippen LogP contribution in [0.4, 0.5) is 5.69 Å². The van der Waals surface area contributed by atoms with Gasteiger partial charge in [-0.1, -0.05) is 11.6 Å². The van der Waals surface area contributed by atoms with E-state index in [2.05, 4.69) is 26.0 Å². The van der Waals surface area contributed by atoms with E-state index in [4.69, 9.17) is 11.6 Å². The molecule has 0 aliphatic rings. The third-order valence-electron chi connectivity index (χ3n) is 1.80. The molecule has 0 saturated heterocycles. The van der Waals surface area contributed by atoms with Gasteiger partial charge in [-0.05, 0) is 34.1 Å². The lowest BCUT2D eigenvalue weighted by atomic mass is 10.3. The van der Waals surface area contributed by atoms with Crippen LogP contribution in [0.25, 0.3) is 0 Å². The number of hydrogen-bond acceptors (Lipinski definition) is 3. The topological polar surface area (TPSA) is 38.3 Å². The van der Waals surface area contributed by atoms with E-state index in [0.29, 0.717) is 18.0 Å². The maximum Gasteiger partial charge on any atom is 0.307 e. The van der Waals surface area contributed by atoms with E-state index in [1.165, 1.54) is 7.11 Å². The number of anilines is 1. The van der Waals surface area contributed by atoms with Gasteiger partial charge in [0, 0.05) is 21.7 Å². The fourth-order valence-electron chi connectivity index (χ4n) is 1.03. The number of benzene rings is 1. The molecule has 3 nitrogen and oxygen atoms in total. The average molecular weight is 293 g/mol. The molecule has 0 atom stereocenters. The van der Waals surface area contributed by atoms with Crippen LogP contribution in [0.1, 0.15) is 6.42 Å². The standard InChI is InChI=1S/C10H11BrClNO2/c1-15-10(14)4-5-13-9-6-7(12)2-3-8(9)11/h2-3,6,13H,4-5H2,1H3. The van der Waals surface area contributed by atoms with Crippen molar-refractivity contribution < 1.29 is 9.53 Å². The number of ether oxygens (including phenoxy) is 1. The molecule has 0 fully saturated rings. The number of esters is 1. The molecule has 0 saturated carbocycles. The van der Waals surface area contributed by atoms with Crippen LogP contribution in [0.2, 0.25) is 5.02 Å². The Labute approximate surface area is 102 Å². The van der Waals surface area contributed by atoms with Crippen LogP contribution in [0, 0.1) is 0 Å². The van der Waals surface area contributed by atoms with E-state index < -0.39 is 0 Å². The number of carbonyl (C=O) groups excluding carboxylic acids is 1. The van der Waals surface area contributed by atoms with Crippen molar-refractivity contribution in [3.8, 4) is 0 Å².